The first-order valence-corrected chi connectivity index (χ1v) is 7.85. The lowest BCUT2D eigenvalue weighted by Gasteiger charge is -2.18. The van der Waals surface area contributed by atoms with Crippen LogP contribution in [0.25, 0.3) is 0 Å². The number of hydrogen-bond acceptors (Lipinski definition) is 3. The Balaban J connectivity index is 1.92. The van der Waals surface area contributed by atoms with Crippen LogP contribution in [0.1, 0.15) is 29.6 Å². The number of nitrogens with one attached hydrogen (secondary N) is 2. The third kappa shape index (κ3) is 4.12. The third-order valence-electron chi connectivity index (χ3n) is 4.14. The van der Waals surface area contributed by atoms with E-state index in [1.165, 1.54) is 11.3 Å². The van der Waals surface area contributed by atoms with Gasteiger partial charge in [-0.15, -0.1) is 0 Å². The first kappa shape index (κ1) is 17.1. The predicted octanol–water partition coefficient (Wildman–Crippen LogP) is 1.07. The van der Waals surface area contributed by atoms with Gasteiger partial charge in [-0.05, 0) is 38.8 Å². The standard InChI is InChI=1S/C16H27N7/c1-11(9-15-12(2)21-22(5)13(15)3)20-16(17-4)18-10-14-7-8-19-23(14)6/h7-8,11H,9-10H2,1-6H3,(H2,17,18,20). The van der Waals surface area contributed by atoms with Crippen molar-refractivity contribution in [3.05, 3.63) is 34.9 Å². The van der Waals surface area contributed by atoms with Crippen molar-refractivity contribution in [3.8, 4) is 0 Å². The number of nitrogens with zero attached hydrogens (tertiary/aromatic N) is 5. The number of aryl methyl sites for hydroxylation is 3. The number of hydrogen-bond donors (Lipinski definition) is 2. The second-order valence-corrected chi connectivity index (χ2v) is 5.89. The van der Waals surface area contributed by atoms with Crippen molar-refractivity contribution in [2.45, 2.75) is 39.8 Å². The van der Waals surface area contributed by atoms with Crippen molar-refractivity contribution < 1.29 is 0 Å². The summed E-state index contributed by atoms with van der Waals surface area (Å²) in [6.45, 7) is 7.01. The fourth-order valence-corrected chi connectivity index (χ4v) is 2.65. The van der Waals surface area contributed by atoms with Crippen LogP contribution in [0, 0.1) is 13.8 Å². The molecule has 0 aliphatic carbocycles. The Labute approximate surface area is 137 Å². The quantitative estimate of drug-likeness (QED) is 0.639. The maximum absolute atomic E-state index is 4.48. The highest BCUT2D eigenvalue weighted by atomic mass is 15.3. The maximum Gasteiger partial charge on any atom is 0.191 e. The molecule has 0 aromatic carbocycles. The summed E-state index contributed by atoms with van der Waals surface area (Å²) in [6, 6.07) is 2.25. The number of aromatic nitrogens is 4. The molecule has 0 fully saturated rings. The Kier molecular flexibility index (Phi) is 5.41. The molecule has 2 heterocycles. The Morgan fingerprint density at radius 2 is 2.04 bits per heavy atom. The van der Waals surface area contributed by atoms with Crippen LogP contribution in [-0.4, -0.2) is 38.6 Å². The molecule has 0 saturated carbocycles. The first-order valence-electron chi connectivity index (χ1n) is 7.85. The summed E-state index contributed by atoms with van der Waals surface area (Å²) in [6.07, 6.45) is 2.71. The Bertz CT molecular complexity index is 681. The summed E-state index contributed by atoms with van der Waals surface area (Å²) in [5.74, 6) is 0.790. The van der Waals surface area contributed by atoms with Gasteiger partial charge in [0.25, 0.3) is 0 Å². The zero-order valence-corrected chi connectivity index (χ0v) is 14.9. The molecule has 0 radical (unpaired) electrons. The van der Waals surface area contributed by atoms with Gasteiger partial charge in [-0.3, -0.25) is 14.4 Å². The van der Waals surface area contributed by atoms with Gasteiger partial charge in [0.15, 0.2) is 5.96 Å². The summed E-state index contributed by atoms with van der Waals surface area (Å²) in [4.78, 5) is 4.29. The van der Waals surface area contributed by atoms with Gasteiger partial charge < -0.3 is 10.6 Å². The molecule has 2 rings (SSSR count). The van der Waals surface area contributed by atoms with Crippen LogP contribution in [0.2, 0.25) is 0 Å². The van der Waals surface area contributed by atoms with Crippen LogP contribution < -0.4 is 10.6 Å². The molecule has 1 unspecified atom stereocenters. The number of guanidine groups is 1. The van der Waals surface area contributed by atoms with Crippen molar-refractivity contribution in [2.75, 3.05) is 7.05 Å². The van der Waals surface area contributed by atoms with E-state index < -0.39 is 0 Å². The second-order valence-electron chi connectivity index (χ2n) is 5.89. The number of rotatable bonds is 5. The van der Waals surface area contributed by atoms with Crippen LogP contribution in [-0.2, 0) is 27.1 Å². The van der Waals surface area contributed by atoms with E-state index >= 15 is 0 Å². The van der Waals surface area contributed by atoms with Crippen LogP contribution in [0.15, 0.2) is 17.3 Å². The molecule has 2 aromatic heterocycles. The fraction of sp³-hybridized carbons (Fsp3) is 0.562. The van der Waals surface area contributed by atoms with Crippen molar-refractivity contribution in [1.29, 1.82) is 0 Å². The average Bonchev–Trinajstić information content (AvgIpc) is 3.02. The Morgan fingerprint density at radius 3 is 2.57 bits per heavy atom. The molecule has 0 aliphatic rings. The van der Waals surface area contributed by atoms with E-state index in [0.29, 0.717) is 6.54 Å². The van der Waals surface area contributed by atoms with Gasteiger partial charge in [-0.1, -0.05) is 0 Å². The minimum Gasteiger partial charge on any atom is -0.354 e. The van der Waals surface area contributed by atoms with E-state index in [0.717, 1.165) is 23.8 Å². The van der Waals surface area contributed by atoms with Gasteiger partial charge >= 0.3 is 0 Å². The highest BCUT2D eigenvalue weighted by molar-refractivity contribution is 5.79. The highest BCUT2D eigenvalue weighted by Gasteiger charge is 2.14. The second kappa shape index (κ2) is 7.30. The van der Waals surface area contributed by atoms with Crippen LogP contribution >= 0.6 is 0 Å². The Hall–Kier alpha value is -2.31. The largest absolute Gasteiger partial charge is 0.354 e. The smallest absolute Gasteiger partial charge is 0.191 e. The summed E-state index contributed by atoms with van der Waals surface area (Å²) in [5.41, 5.74) is 4.72. The number of aliphatic imine (C=N–C) groups is 1. The average molecular weight is 317 g/mol. The molecule has 2 aromatic rings. The summed E-state index contributed by atoms with van der Waals surface area (Å²) in [7, 11) is 5.70. The van der Waals surface area contributed by atoms with Crippen molar-refractivity contribution in [2.24, 2.45) is 19.1 Å². The monoisotopic (exact) mass is 317 g/mol. The summed E-state index contributed by atoms with van der Waals surface area (Å²) < 4.78 is 3.79. The molecular formula is C16H27N7. The van der Waals surface area contributed by atoms with Gasteiger partial charge in [-0.2, -0.15) is 10.2 Å². The Morgan fingerprint density at radius 1 is 1.30 bits per heavy atom. The van der Waals surface area contributed by atoms with Crippen molar-refractivity contribution >= 4 is 5.96 Å². The molecule has 0 aliphatic heterocycles. The summed E-state index contributed by atoms with van der Waals surface area (Å²) in [5, 5.41) is 15.4. The van der Waals surface area contributed by atoms with E-state index in [9.17, 15) is 0 Å². The highest BCUT2D eigenvalue weighted by Crippen LogP contribution is 2.14. The van der Waals surface area contributed by atoms with E-state index in [1.807, 2.05) is 29.5 Å². The molecule has 1 atom stereocenters. The predicted molar refractivity (Wildman–Crippen MR) is 92.4 cm³/mol. The van der Waals surface area contributed by atoms with Crippen LogP contribution in [0.3, 0.4) is 0 Å². The molecule has 0 saturated heterocycles. The lowest BCUT2D eigenvalue weighted by Crippen LogP contribution is -2.43. The summed E-state index contributed by atoms with van der Waals surface area (Å²) >= 11 is 0. The van der Waals surface area contributed by atoms with Gasteiger partial charge in [-0.25, -0.2) is 0 Å². The topological polar surface area (TPSA) is 72.1 Å². The van der Waals surface area contributed by atoms with E-state index in [2.05, 4.69) is 46.6 Å². The van der Waals surface area contributed by atoms with Gasteiger partial charge in [0.05, 0.1) is 17.9 Å². The molecule has 126 valence electrons. The molecule has 0 amide bonds. The molecule has 23 heavy (non-hydrogen) atoms. The fourth-order valence-electron chi connectivity index (χ4n) is 2.65. The van der Waals surface area contributed by atoms with E-state index in [4.69, 9.17) is 0 Å². The van der Waals surface area contributed by atoms with Crippen LogP contribution in [0.5, 0.6) is 0 Å². The zero-order valence-electron chi connectivity index (χ0n) is 14.9. The molecule has 2 N–H and O–H groups in total. The molecule has 7 nitrogen and oxygen atoms in total. The van der Waals surface area contributed by atoms with E-state index in [-0.39, 0.29) is 6.04 Å². The lowest BCUT2D eigenvalue weighted by molar-refractivity contribution is 0.627. The molecular weight excluding hydrogens is 290 g/mol. The zero-order chi connectivity index (χ0) is 17.0. The molecule has 7 heteroatoms. The van der Waals surface area contributed by atoms with Crippen LogP contribution in [0.4, 0.5) is 0 Å². The first-order chi connectivity index (χ1) is 10.9. The maximum atomic E-state index is 4.48. The normalized spacial score (nSPS) is 13.2. The van der Waals surface area contributed by atoms with Crippen molar-refractivity contribution in [3.63, 3.8) is 0 Å². The van der Waals surface area contributed by atoms with Gasteiger partial charge in [0.2, 0.25) is 0 Å². The lowest BCUT2D eigenvalue weighted by atomic mass is 10.1. The minimum atomic E-state index is 0.259. The minimum absolute atomic E-state index is 0.259. The van der Waals surface area contributed by atoms with Crippen molar-refractivity contribution in [1.82, 2.24) is 30.2 Å². The van der Waals surface area contributed by atoms with Gasteiger partial charge in [0, 0.05) is 39.1 Å². The molecule has 0 spiro atoms. The van der Waals surface area contributed by atoms with Gasteiger partial charge in [0.1, 0.15) is 0 Å². The van der Waals surface area contributed by atoms with E-state index in [1.54, 1.807) is 13.2 Å². The third-order valence-corrected chi connectivity index (χ3v) is 4.14. The molecule has 0 bridgehead atoms. The SMILES string of the molecule is CN=C(NCc1ccnn1C)NC(C)Cc1c(C)nn(C)c1C.